The van der Waals surface area contributed by atoms with E-state index >= 15 is 0 Å². The van der Waals surface area contributed by atoms with Crippen molar-refractivity contribution in [1.29, 1.82) is 0 Å². The number of aliphatic hydroxyl groups is 1. The molecule has 1 aliphatic heterocycles. The highest BCUT2D eigenvalue weighted by atomic mass is 16.8. The Kier molecular flexibility index (Phi) is 5.95. The Morgan fingerprint density at radius 1 is 0.957 bits per heavy atom. The van der Waals surface area contributed by atoms with Gasteiger partial charge < -0.3 is 14.6 Å². The minimum atomic E-state index is -0.477. The van der Waals surface area contributed by atoms with Crippen molar-refractivity contribution in [2.24, 2.45) is 5.92 Å². The number of allylic oxidation sites excluding steroid dienone is 3. The van der Waals surface area contributed by atoms with Crippen molar-refractivity contribution in [3.63, 3.8) is 0 Å². The van der Waals surface area contributed by atoms with E-state index in [1.165, 1.54) is 6.42 Å². The second-order valence-electron chi connectivity index (χ2n) is 7.56. The molecule has 0 bridgehead atoms. The average molecular weight is 320 g/mol. The number of rotatable bonds is 3. The van der Waals surface area contributed by atoms with E-state index in [4.69, 9.17) is 9.47 Å². The van der Waals surface area contributed by atoms with E-state index in [2.05, 4.69) is 31.2 Å². The Morgan fingerprint density at radius 2 is 1.65 bits per heavy atom. The van der Waals surface area contributed by atoms with E-state index in [9.17, 15) is 5.11 Å². The molecule has 0 aromatic heterocycles. The van der Waals surface area contributed by atoms with Crippen LogP contribution in [0.4, 0.5) is 0 Å². The monoisotopic (exact) mass is 320 g/mol. The van der Waals surface area contributed by atoms with Gasteiger partial charge in [-0.25, -0.2) is 0 Å². The number of ether oxygens (including phenoxy) is 2. The van der Waals surface area contributed by atoms with Crippen molar-refractivity contribution < 1.29 is 14.6 Å². The van der Waals surface area contributed by atoms with Gasteiger partial charge in [0.2, 0.25) is 0 Å². The quantitative estimate of drug-likeness (QED) is 0.778. The van der Waals surface area contributed by atoms with Gasteiger partial charge in [-0.2, -0.15) is 0 Å². The molecule has 3 aliphatic rings. The third kappa shape index (κ3) is 4.68. The molecule has 0 saturated carbocycles. The van der Waals surface area contributed by atoms with Crippen LogP contribution in [0.5, 0.6) is 0 Å². The van der Waals surface area contributed by atoms with Crippen LogP contribution in [0.1, 0.15) is 71.1 Å². The molecule has 0 amide bonds. The Morgan fingerprint density at radius 3 is 2.35 bits per heavy atom. The molecule has 1 heterocycles. The fourth-order valence-corrected chi connectivity index (χ4v) is 4.13. The van der Waals surface area contributed by atoms with E-state index < -0.39 is 5.79 Å². The van der Waals surface area contributed by atoms with Crippen molar-refractivity contribution >= 4 is 0 Å². The zero-order chi connectivity index (χ0) is 16.1. The molecule has 4 atom stereocenters. The van der Waals surface area contributed by atoms with Gasteiger partial charge in [0.15, 0.2) is 5.79 Å². The maximum Gasteiger partial charge on any atom is 0.166 e. The van der Waals surface area contributed by atoms with Crippen molar-refractivity contribution in [3.8, 4) is 0 Å². The molecule has 0 radical (unpaired) electrons. The van der Waals surface area contributed by atoms with E-state index in [1.54, 1.807) is 0 Å². The minimum absolute atomic E-state index is 0.213. The summed E-state index contributed by atoms with van der Waals surface area (Å²) in [5, 5.41) is 10.4. The van der Waals surface area contributed by atoms with Crippen molar-refractivity contribution in [3.05, 3.63) is 24.3 Å². The van der Waals surface area contributed by atoms with E-state index in [0.29, 0.717) is 0 Å². The van der Waals surface area contributed by atoms with Gasteiger partial charge in [-0.15, -0.1) is 0 Å². The molecule has 1 fully saturated rings. The number of hydrogen-bond acceptors (Lipinski definition) is 3. The van der Waals surface area contributed by atoms with Crippen molar-refractivity contribution in [2.75, 3.05) is 0 Å². The third-order valence-corrected chi connectivity index (χ3v) is 5.55. The molecule has 0 aromatic carbocycles. The average Bonchev–Trinajstić information content (AvgIpc) is 2.79. The summed E-state index contributed by atoms with van der Waals surface area (Å²) in [6, 6.07) is 0. The molecule has 1 saturated heterocycles. The van der Waals surface area contributed by atoms with Gasteiger partial charge in [0.1, 0.15) is 0 Å². The lowest BCUT2D eigenvalue weighted by molar-refractivity contribution is -0.169. The van der Waals surface area contributed by atoms with Crippen LogP contribution >= 0.6 is 0 Å². The number of aliphatic hydroxyl groups excluding tert-OH is 1. The molecular formula is C20H32O3. The van der Waals surface area contributed by atoms with Gasteiger partial charge in [-0.3, -0.25) is 0 Å². The Bertz CT molecular complexity index is 411. The molecule has 130 valence electrons. The van der Waals surface area contributed by atoms with Crippen LogP contribution in [-0.2, 0) is 9.47 Å². The highest BCUT2D eigenvalue weighted by Crippen LogP contribution is 2.38. The molecular weight excluding hydrogens is 288 g/mol. The summed E-state index contributed by atoms with van der Waals surface area (Å²) in [5.41, 5.74) is 0. The van der Waals surface area contributed by atoms with Crippen LogP contribution in [0.15, 0.2) is 24.3 Å². The van der Waals surface area contributed by atoms with Crippen LogP contribution in [-0.4, -0.2) is 29.2 Å². The molecule has 4 unspecified atom stereocenters. The van der Waals surface area contributed by atoms with E-state index in [1.807, 2.05) is 0 Å². The first-order valence-electron chi connectivity index (χ1n) is 9.52. The summed E-state index contributed by atoms with van der Waals surface area (Å²) < 4.78 is 12.6. The molecule has 0 aromatic rings. The van der Waals surface area contributed by atoms with Gasteiger partial charge in [-0.05, 0) is 58.3 Å². The van der Waals surface area contributed by atoms with Gasteiger partial charge in [-0.1, -0.05) is 30.7 Å². The first-order chi connectivity index (χ1) is 11.2. The zero-order valence-electron chi connectivity index (χ0n) is 14.5. The van der Waals surface area contributed by atoms with Crippen LogP contribution in [0.3, 0.4) is 0 Å². The normalized spacial score (nSPS) is 44.4. The summed E-state index contributed by atoms with van der Waals surface area (Å²) in [7, 11) is 0. The van der Waals surface area contributed by atoms with Gasteiger partial charge >= 0.3 is 0 Å². The van der Waals surface area contributed by atoms with Crippen molar-refractivity contribution in [1.82, 2.24) is 0 Å². The van der Waals surface area contributed by atoms with Crippen molar-refractivity contribution in [2.45, 2.75) is 95.2 Å². The third-order valence-electron chi connectivity index (χ3n) is 5.55. The zero-order valence-corrected chi connectivity index (χ0v) is 14.5. The molecule has 3 nitrogen and oxygen atoms in total. The van der Waals surface area contributed by atoms with E-state index in [-0.39, 0.29) is 24.2 Å². The Hall–Kier alpha value is -0.640. The highest BCUT2D eigenvalue weighted by molar-refractivity contribution is 4.96. The summed E-state index contributed by atoms with van der Waals surface area (Å²) in [5.74, 6) is -0.232. The summed E-state index contributed by atoms with van der Waals surface area (Å²) in [6.45, 7) is 2.09. The highest BCUT2D eigenvalue weighted by Gasteiger charge is 2.43. The largest absolute Gasteiger partial charge is 0.393 e. The van der Waals surface area contributed by atoms with Crippen LogP contribution in [0.2, 0.25) is 0 Å². The lowest BCUT2D eigenvalue weighted by atomic mass is 9.89. The van der Waals surface area contributed by atoms with Gasteiger partial charge in [0.05, 0.1) is 18.3 Å². The fourth-order valence-electron chi connectivity index (χ4n) is 4.13. The minimum Gasteiger partial charge on any atom is -0.393 e. The summed E-state index contributed by atoms with van der Waals surface area (Å²) >= 11 is 0. The van der Waals surface area contributed by atoms with Crippen LogP contribution in [0.25, 0.3) is 0 Å². The topological polar surface area (TPSA) is 38.7 Å². The second-order valence-corrected chi connectivity index (χ2v) is 7.56. The molecule has 2 aliphatic carbocycles. The summed E-state index contributed by atoms with van der Waals surface area (Å²) in [4.78, 5) is 0. The number of fused-ring (bicyclic) bond motifs is 1. The molecule has 3 heteroatoms. The molecule has 23 heavy (non-hydrogen) atoms. The van der Waals surface area contributed by atoms with Crippen LogP contribution in [0, 0.1) is 5.92 Å². The molecule has 0 spiro atoms. The molecule has 1 N–H and O–H groups in total. The SMILES string of the molecule is CC1(CCC2/C=C/CCCCC2O)OC2CC/C=C/CCC2O1. The lowest BCUT2D eigenvalue weighted by Gasteiger charge is -2.28. The Labute approximate surface area is 140 Å². The maximum absolute atomic E-state index is 10.4. The molecule has 3 rings (SSSR count). The Balaban J connectivity index is 1.55. The standard InChI is InChI=1S/C20H32O3/c1-20(15-14-16-10-6-2-3-7-11-17(16)21)22-18-12-8-4-5-9-13-19(18)23-20/h4-6,10,16-19,21H,2-3,7-9,11-15H2,1H3/b5-4+,10-6+. The lowest BCUT2D eigenvalue weighted by Crippen LogP contribution is -2.29. The maximum atomic E-state index is 10.4. The first-order valence-corrected chi connectivity index (χ1v) is 9.52. The fraction of sp³-hybridized carbons (Fsp3) is 0.800. The number of hydrogen-bond donors (Lipinski definition) is 1. The predicted octanol–water partition coefficient (Wildman–Crippen LogP) is 4.50. The van der Waals surface area contributed by atoms with Gasteiger partial charge in [0.25, 0.3) is 0 Å². The predicted molar refractivity (Wildman–Crippen MR) is 92.1 cm³/mol. The smallest absolute Gasteiger partial charge is 0.166 e. The van der Waals surface area contributed by atoms with Gasteiger partial charge in [0, 0.05) is 12.3 Å². The first kappa shape index (κ1) is 17.2. The van der Waals surface area contributed by atoms with Crippen LogP contribution < -0.4 is 0 Å². The van der Waals surface area contributed by atoms with E-state index in [0.717, 1.165) is 57.8 Å². The summed E-state index contributed by atoms with van der Waals surface area (Å²) in [6.07, 6.45) is 19.7. The second kappa shape index (κ2) is 7.96.